The maximum absolute atomic E-state index is 13.4. The molecule has 2 aromatic carbocycles. The Morgan fingerprint density at radius 1 is 1.09 bits per heavy atom. The SMILES string of the molecule is O=C(C1CCCN1c1nc(Cc2ccc(F)cc2)ns1)N1CCN(c2cccc(Cl)c2)CC1. The van der Waals surface area contributed by atoms with Crippen LogP contribution in [0.5, 0.6) is 0 Å². The number of carbonyl (C=O) groups is 1. The first-order chi connectivity index (χ1) is 16.1. The van der Waals surface area contributed by atoms with Crippen molar-refractivity contribution in [2.45, 2.75) is 25.3 Å². The number of nitrogens with zero attached hydrogens (tertiary/aromatic N) is 5. The minimum Gasteiger partial charge on any atom is -0.368 e. The molecule has 0 N–H and O–H groups in total. The van der Waals surface area contributed by atoms with Crippen LogP contribution in [-0.4, -0.2) is 58.9 Å². The lowest BCUT2D eigenvalue weighted by Gasteiger charge is -2.38. The van der Waals surface area contributed by atoms with E-state index in [0.29, 0.717) is 25.3 Å². The van der Waals surface area contributed by atoms with Gasteiger partial charge in [-0.05, 0) is 48.7 Å². The molecule has 1 aromatic heterocycles. The largest absolute Gasteiger partial charge is 0.368 e. The molecule has 0 radical (unpaired) electrons. The van der Waals surface area contributed by atoms with Crippen molar-refractivity contribution in [2.75, 3.05) is 42.5 Å². The third kappa shape index (κ3) is 4.96. The second-order valence-electron chi connectivity index (χ2n) is 8.44. The van der Waals surface area contributed by atoms with Gasteiger partial charge in [0.05, 0.1) is 0 Å². The van der Waals surface area contributed by atoms with Gasteiger partial charge in [0.1, 0.15) is 17.7 Å². The van der Waals surface area contributed by atoms with Gasteiger partial charge >= 0.3 is 0 Å². The van der Waals surface area contributed by atoms with Crippen LogP contribution < -0.4 is 9.80 Å². The van der Waals surface area contributed by atoms with Crippen molar-refractivity contribution in [3.05, 3.63) is 70.8 Å². The number of halogens is 2. The summed E-state index contributed by atoms with van der Waals surface area (Å²) in [7, 11) is 0. The fourth-order valence-electron chi connectivity index (χ4n) is 4.54. The van der Waals surface area contributed by atoms with Crippen LogP contribution in [0.3, 0.4) is 0 Å². The van der Waals surface area contributed by atoms with E-state index in [9.17, 15) is 9.18 Å². The van der Waals surface area contributed by atoms with E-state index in [-0.39, 0.29) is 17.8 Å². The summed E-state index contributed by atoms with van der Waals surface area (Å²) in [4.78, 5) is 24.4. The summed E-state index contributed by atoms with van der Waals surface area (Å²) >= 11 is 7.47. The molecule has 0 aliphatic carbocycles. The highest BCUT2D eigenvalue weighted by molar-refractivity contribution is 7.09. The summed E-state index contributed by atoms with van der Waals surface area (Å²) in [6.45, 7) is 3.78. The van der Waals surface area contributed by atoms with Gasteiger partial charge < -0.3 is 14.7 Å². The summed E-state index contributed by atoms with van der Waals surface area (Å²) in [5.41, 5.74) is 2.06. The quantitative estimate of drug-likeness (QED) is 0.541. The molecule has 0 spiro atoms. The summed E-state index contributed by atoms with van der Waals surface area (Å²) < 4.78 is 17.6. The van der Waals surface area contributed by atoms with E-state index in [1.54, 1.807) is 12.1 Å². The maximum Gasteiger partial charge on any atom is 0.245 e. The molecule has 2 aliphatic heterocycles. The van der Waals surface area contributed by atoms with Gasteiger partial charge in [0.2, 0.25) is 11.0 Å². The van der Waals surface area contributed by atoms with Gasteiger partial charge in [-0.2, -0.15) is 4.37 Å². The van der Waals surface area contributed by atoms with Crippen LogP contribution in [0.15, 0.2) is 48.5 Å². The number of aromatic nitrogens is 2. The van der Waals surface area contributed by atoms with Gasteiger partial charge in [-0.25, -0.2) is 9.37 Å². The molecule has 5 rings (SSSR count). The predicted octanol–water partition coefficient (Wildman–Crippen LogP) is 4.24. The third-order valence-corrected chi connectivity index (χ3v) is 7.31. The molecule has 0 bridgehead atoms. The maximum atomic E-state index is 13.4. The first-order valence-electron chi connectivity index (χ1n) is 11.2. The second-order valence-corrected chi connectivity index (χ2v) is 9.61. The Kier molecular flexibility index (Phi) is 6.46. The second kappa shape index (κ2) is 9.65. The highest BCUT2D eigenvalue weighted by Gasteiger charge is 2.36. The molecule has 1 unspecified atom stereocenters. The molecule has 6 nitrogen and oxygen atoms in total. The summed E-state index contributed by atoms with van der Waals surface area (Å²) in [6.07, 6.45) is 2.35. The summed E-state index contributed by atoms with van der Waals surface area (Å²) in [6, 6.07) is 14.1. The number of carbonyl (C=O) groups excluding carboxylic acids is 1. The van der Waals surface area contributed by atoms with E-state index in [0.717, 1.165) is 53.9 Å². The first-order valence-corrected chi connectivity index (χ1v) is 12.3. The van der Waals surface area contributed by atoms with Crippen molar-refractivity contribution in [1.82, 2.24) is 14.3 Å². The average molecular weight is 486 g/mol. The molecule has 172 valence electrons. The average Bonchev–Trinajstić information content (AvgIpc) is 3.50. The third-order valence-electron chi connectivity index (χ3n) is 6.28. The number of anilines is 2. The summed E-state index contributed by atoms with van der Waals surface area (Å²) in [5, 5.41) is 1.52. The zero-order valence-corrected chi connectivity index (χ0v) is 19.7. The minimum atomic E-state index is -0.252. The Labute approximate surface area is 201 Å². The number of hydrogen-bond donors (Lipinski definition) is 0. The Bertz CT molecular complexity index is 1120. The highest BCUT2D eigenvalue weighted by Crippen LogP contribution is 2.29. The van der Waals surface area contributed by atoms with Gasteiger partial charge in [0, 0.05) is 61.4 Å². The van der Waals surface area contributed by atoms with Gasteiger partial charge in [0.15, 0.2) is 0 Å². The number of amides is 1. The van der Waals surface area contributed by atoms with Crippen LogP contribution in [-0.2, 0) is 11.2 Å². The number of hydrogen-bond acceptors (Lipinski definition) is 6. The zero-order valence-electron chi connectivity index (χ0n) is 18.2. The van der Waals surface area contributed by atoms with E-state index >= 15 is 0 Å². The fourth-order valence-corrected chi connectivity index (χ4v) is 5.49. The minimum absolute atomic E-state index is 0.175. The fraction of sp³-hybridized carbons (Fsp3) is 0.375. The molecule has 3 aromatic rings. The van der Waals surface area contributed by atoms with Crippen molar-refractivity contribution < 1.29 is 9.18 Å². The van der Waals surface area contributed by atoms with E-state index in [4.69, 9.17) is 16.6 Å². The highest BCUT2D eigenvalue weighted by atomic mass is 35.5. The van der Waals surface area contributed by atoms with Crippen LogP contribution in [0.25, 0.3) is 0 Å². The summed E-state index contributed by atoms with van der Waals surface area (Å²) in [5.74, 6) is 0.626. The van der Waals surface area contributed by atoms with Crippen molar-refractivity contribution in [3.63, 3.8) is 0 Å². The number of rotatable bonds is 5. The van der Waals surface area contributed by atoms with Crippen LogP contribution in [0.2, 0.25) is 5.02 Å². The van der Waals surface area contributed by atoms with E-state index in [1.165, 1.54) is 23.7 Å². The van der Waals surface area contributed by atoms with Crippen LogP contribution >= 0.6 is 23.1 Å². The smallest absolute Gasteiger partial charge is 0.245 e. The van der Waals surface area contributed by atoms with E-state index < -0.39 is 0 Å². The van der Waals surface area contributed by atoms with Crippen molar-refractivity contribution in [3.8, 4) is 0 Å². The Hall–Kier alpha value is -2.71. The molecule has 2 aliphatic rings. The zero-order chi connectivity index (χ0) is 22.8. The Balaban J connectivity index is 1.21. The monoisotopic (exact) mass is 485 g/mol. The van der Waals surface area contributed by atoms with E-state index in [2.05, 4.69) is 20.2 Å². The molecule has 1 amide bonds. The van der Waals surface area contributed by atoms with E-state index in [1.807, 2.05) is 23.1 Å². The standard InChI is InChI=1S/C24H25ClFN5OS/c25-18-3-1-4-20(16-18)29-11-13-30(14-12-29)23(32)21-5-2-10-31(21)24-27-22(28-33-24)15-17-6-8-19(26)9-7-17/h1,3-4,6-9,16,21H,2,5,10-15H2. The Morgan fingerprint density at radius 2 is 1.88 bits per heavy atom. The molecular weight excluding hydrogens is 461 g/mol. The van der Waals surface area contributed by atoms with Gasteiger partial charge in [-0.1, -0.05) is 29.8 Å². The van der Waals surface area contributed by atoms with Gasteiger partial charge in [-0.15, -0.1) is 0 Å². The number of benzene rings is 2. The lowest BCUT2D eigenvalue weighted by Crippen LogP contribution is -2.53. The molecule has 1 atom stereocenters. The molecule has 2 fully saturated rings. The lowest BCUT2D eigenvalue weighted by molar-refractivity contribution is -0.132. The first kappa shape index (κ1) is 22.1. The topological polar surface area (TPSA) is 52.6 Å². The van der Waals surface area contributed by atoms with Gasteiger partial charge in [0.25, 0.3) is 0 Å². The van der Waals surface area contributed by atoms with Crippen molar-refractivity contribution in [2.24, 2.45) is 0 Å². The molecule has 9 heteroatoms. The molecule has 2 saturated heterocycles. The molecular formula is C24H25ClFN5OS. The Morgan fingerprint density at radius 3 is 2.64 bits per heavy atom. The van der Waals surface area contributed by atoms with Crippen LogP contribution in [0.4, 0.5) is 15.2 Å². The normalized spacial score (nSPS) is 18.7. The lowest BCUT2D eigenvalue weighted by atomic mass is 10.1. The van der Waals surface area contributed by atoms with Crippen molar-refractivity contribution in [1.29, 1.82) is 0 Å². The predicted molar refractivity (Wildman–Crippen MR) is 130 cm³/mol. The van der Waals surface area contributed by atoms with Gasteiger partial charge in [-0.3, -0.25) is 4.79 Å². The number of piperazine rings is 1. The van der Waals surface area contributed by atoms with Crippen molar-refractivity contribution >= 4 is 39.9 Å². The molecule has 0 saturated carbocycles. The van der Waals surface area contributed by atoms with Crippen LogP contribution in [0.1, 0.15) is 24.2 Å². The molecule has 3 heterocycles. The van der Waals surface area contributed by atoms with Crippen LogP contribution in [0, 0.1) is 5.82 Å². The molecule has 33 heavy (non-hydrogen) atoms.